The summed E-state index contributed by atoms with van der Waals surface area (Å²) < 4.78 is 14.0. The molecule has 1 nitrogen and oxygen atoms in total. The van der Waals surface area contributed by atoms with E-state index < -0.39 is 0 Å². The van der Waals surface area contributed by atoms with Crippen molar-refractivity contribution in [1.29, 1.82) is 0 Å². The lowest BCUT2D eigenvalue weighted by molar-refractivity contribution is 0.504. The van der Waals surface area contributed by atoms with Gasteiger partial charge in [0.25, 0.3) is 0 Å². The topological polar surface area (TPSA) is 26.0 Å². The van der Waals surface area contributed by atoms with Crippen molar-refractivity contribution in [1.82, 2.24) is 0 Å². The monoisotopic (exact) mass is 257 g/mol. The molecule has 0 amide bonds. The fourth-order valence-electron chi connectivity index (χ4n) is 1.95. The van der Waals surface area contributed by atoms with Crippen molar-refractivity contribution in [2.24, 2.45) is 11.1 Å². The molecular formula is C11H13BrFN. The first-order valence-electron chi connectivity index (χ1n) is 4.61. The number of nitrogens with two attached hydrogens (primary N) is 1. The molecule has 0 radical (unpaired) electrons. The van der Waals surface area contributed by atoms with Crippen LogP contribution in [0, 0.1) is 11.2 Å². The standard InChI is InChI=1S/C11H13BrFN/c1-10(2)6-11(10,14)8-5-7(13)3-4-9(8)12/h3-5H,6,14H2,1-2H3. The summed E-state index contributed by atoms with van der Waals surface area (Å²) in [6.07, 6.45) is 0.905. The van der Waals surface area contributed by atoms with Crippen molar-refractivity contribution in [2.75, 3.05) is 0 Å². The molecule has 0 aromatic heterocycles. The van der Waals surface area contributed by atoms with Gasteiger partial charge in [-0.3, -0.25) is 0 Å². The van der Waals surface area contributed by atoms with Crippen LogP contribution in [0.15, 0.2) is 22.7 Å². The minimum Gasteiger partial charge on any atom is -0.321 e. The van der Waals surface area contributed by atoms with Crippen LogP contribution in [-0.2, 0) is 5.54 Å². The zero-order valence-corrected chi connectivity index (χ0v) is 9.86. The van der Waals surface area contributed by atoms with E-state index in [0.29, 0.717) is 0 Å². The summed E-state index contributed by atoms with van der Waals surface area (Å²) >= 11 is 3.41. The van der Waals surface area contributed by atoms with Gasteiger partial charge in [-0.2, -0.15) is 0 Å². The molecule has 1 saturated carbocycles. The maximum atomic E-state index is 13.1. The lowest BCUT2D eigenvalue weighted by Crippen LogP contribution is -2.26. The van der Waals surface area contributed by atoms with E-state index in [1.165, 1.54) is 12.1 Å². The fraction of sp³-hybridized carbons (Fsp3) is 0.455. The van der Waals surface area contributed by atoms with Gasteiger partial charge in [-0.25, -0.2) is 4.39 Å². The Hall–Kier alpha value is -0.410. The van der Waals surface area contributed by atoms with Crippen LogP contribution in [0.5, 0.6) is 0 Å². The number of hydrogen-bond acceptors (Lipinski definition) is 1. The first-order valence-corrected chi connectivity index (χ1v) is 5.40. The van der Waals surface area contributed by atoms with Crippen molar-refractivity contribution in [2.45, 2.75) is 25.8 Å². The zero-order chi connectivity index (χ0) is 10.6. The Balaban J connectivity index is 2.48. The Morgan fingerprint density at radius 1 is 1.43 bits per heavy atom. The van der Waals surface area contributed by atoms with Gasteiger partial charge in [-0.15, -0.1) is 0 Å². The molecule has 0 saturated heterocycles. The van der Waals surface area contributed by atoms with Crippen molar-refractivity contribution < 1.29 is 4.39 Å². The molecule has 0 bridgehead atoms. The molecule has 76 valence electrons. The number of hydrogen-bond donors (Lipinski definition) is 1. The predicted octanol–water partition coefficient (Wildman–Crippen LogP) is 3.17. The molecule has 1 fully saturated rings. The summed E-state index contributed by atoms with van der Waals surface area (Å²) in [6.45, 7) is 4.20. The molecule has 1 atom stereocenters. The van der Waals surface area contributed by atoms with Gasteiger partial charge in [0, 0.05) is 10.0 Å². The maximum Gasteiger partial charge on any atom is 0.123 e. The third kappa shape index (κ3) is 1.30. The first kappa shape index (κ1) is 10.1. The summed E-state index contributed by atoms with van der Waals surface area (Å²) in [5, 5.41) is 0. The highest BCUT2D eigenvalue weighted by Crippen LogP contribution is 2.61. The molecule has 2 rings (SSSR count). The van der Waals surface area contributed by atoms with E-state index in [1.54, 1.807) is 6.07 Å². The molecule has 1 aliphatic carbocycles. The highest BCUT2D eigenvalue weighted by Gasteiger charge is 2.60. The van der Waals surface area contributed by atoms with Crippen molar-refractivity contribution >= 4 is 15.9 Å². The highest BCUT2D eigenvalue weighted by atomic mass is 79.9. The molecule has 1 aromatic carbocycles. The summed E-state index contributed by atoms with van der Waals surface area (Å²) in [5.41, 5.74) is 6.80. The van der Waals surface area contributed by atoms with Crippen LogP contribution >= 0.6 is 15.9 Å². The lowest BCUT2D eigenvalue weighted by atomic mass is 9.97. The molecule has 1 aliphatic rings. The van der Waals surface area contributed by atoms with Crippen LogP contribution in [0.2, 0.25) is 0 Å². The van der Waals surface area contributed by atoms with E-state index >= 15 is 0 Å². The highest BCUT2D eigenvalue weighted by molar-refractivity contribution is 9.10. The van der Waals surface area contributed by atoms with E-state index in [-0.39, 0.29) is 16.8 Å². The molecule has 1 unspecified atom stereocenters. The Kier molecular flexibility index (Phi) is 2.02. The minimum absolute atomic E-state index is 0.0727. The molecule has 0 aliphatic heterocycles. The fourth-order valence-corrected chi connectivity index (χ4v) is 2.55. The van der Waals surface area contributed by atoms with Gasteiger partial charge in [0.05, 0.1) is 0 Å². The van der Waals surface area contributed by atoms with Gasteiger partial charge in [0.2, 0.25) is 0 Å². The molecule has 0 spiro atoms. The molecule has 0 heterocycles. The first-order chi connectivity index (χ1) is 6.37. The average molecular weight is 258 g/mol. The maximum absolute atomic E-state index is 13.1. The summed E-state index contributed by atoms with van der Waals surface area (Å²) in [6, 6.07) is 4.68. The van der Waals surface area contributed by atoms with Crippen molar-refractivity contribution in [3.05, 3.63) is 34.1 Å². The number of benzene rings is 1. The SMILES string of the molecule is CC1(C)CC1(N)c1cc(F)ccc1Br. The van der Waals surface area contributed by atoms with Gasteiger partial charge < -0.3 is 5.73 Å². The molecule has 3 heteroatoms. The minimum atomic E-state index is -0.367. The normalized spacial score (nSPS) is 28.9. The van der Waals surface area contributed by atoms with Crippen molar-refractivity contribution in [3.8, 4) is 0 Å². The van der Waals surface area contributed by atoms with E-state index in [0.717, 1.165) is 16.5 Å². The van der Waals surface area contributed by atoms with Crippen molar-refractivity contribution in [3.63, 3.8) is 0 Å². The smallest absolute Gasteiger partial charge is 0.123 e. The zero-order valence-electron chi connectivity index (χ0n) is 8.27. The van der Waals surface area contributed by atoms with Gasteiger partial charge >= 0.3 is 0 Å². The van der Waals surface area contributed by atoms with E-state index in [9.17, 15) is 4.39 Å². The molecule has 14 heavy (non-hydrogen) atoms. The predicted molar refractivity (Wildman–Crippen MR) is 58.4 cm³/mol. The summed E-state index contributed by atoms with van der Waals surface area (Å²) in [7, 11) is 0. The van der Waals surface area contributed by atoms with Crippen LogP contribution in [0.1, 0.15) is 25.8 Å². The number of rotatable bonds is 1. The lowest BCUT2D eigenvalue weighted by Gasteiger charge is -2.17. The third-order valence-corrected chi connectivity index (χ3v) is 3.90. The van der Waals surface area contributed by atoms with Crippen LogP contribution in [-0.4, -0.2) is 0 Å². The molecule has 1 aromatic rings. The second kappa shape index (κ2) is 2.80. The Morgan fingerprint density at radius 3 is 2.50 bits per heavy atom. The summed E-state index contributed by atoms with van der Waals surface area (Å²) in [4.78, 5) is 0. The van der Waals surface area contributed by atoms with E-state index in [4.69, 9.17) is 5.73 Å². The average Bonchev–Trinajstić information content (AvgIpc) is 2.58. The van der Waals surface area contributed by atoms with Crippen LogP contribution in [0.25, 0.3) is 0 Å². The second-order valence-corrected chi connectivity index (χ2v) is 5.51. The second-order valence-electron chi connectivity index (χ2n) is 4.66. The van der Waals surface area contributed by atoms with Gasteiger partial charge in [-0.1, -0.05) is 29.8 Å². The largest absolute Gasteiger partial charge is 0.321 e. The van der Waals surface area contributed by atoms with Gasteiger partial charge in [0.1, 0.15) is 5.82 Å². The number of halogens is 2. The summed E-state index contributed by atoms with van der Waals surface area (Å²) in [5.74, 6) is -0.226. The van der Waals surface area contributed by atoms with Crippen LogP contribution < -0.4 is 5.73 Å². The Bertz CT molecular complexity index is 389. The Morgan fingerprint density at radius 2 is 2.00 bits per heavy atom. The van der Waals surface area contributed by atoms with E-state index in [1.807, 2.05) is 0 Å². The van der Waals surface area contributed by atoms with Gasteiger partial charge in [-0.05, 0) is 35.6 Å². The third-order valence-electron chi connectivity index (χ3n) is 3.21. The quantitative estimate of drug-likeness (QED) is 0.822. The molecule has 2 N–H and O–H groups in total. The molecular weight excluding hydrogens is 245 g/mol. The van der Waals surface area contributed by atoms with E-state index in [2.05, 4.69) is 29.8 Å². The van der Waals surface area contributed by atoms with Crippen LogP contribution in [0.4, 0.5) is 4.39 Å². The van der Waals surface area contributed by atoms with Gasteiger partial charge in [0.15, 0.2) is 0 Å². The van der Waals surface area contributed by atoms with Crippen LogP contribution in [0.3, 0.4) is 0 Å². The Labute approximate surface area is 91.6 Å².